The molecule has 2 aromatic rings. The average molecular weight is 370 g/mol. The van der Waals surface area contributed by atoms with Gasteiger partial charge >= 0.3 is 11.7 Å². The lowest BCUT2D eigenvalue weighted by atomic mass is 9.87. The van der Waals surface area contributed by atoms with E-state index in [4.69, 9.17) is 9.15 Å². The second-order valence-corrected chi connectivity index (χ2v) is 7.95. The molecule has 1 aliphatic heterocycles. The van der Waals surface area contributed by atoms with Crippen LogP contribution in [0.1, 0.15) is 38.5 Å². The molecule has 6 nitrogen and oxygen atoms in total. The number of aryl methyl sites for hydroxylation is 1. The summed E-state index contributed by atoms with van der Waals surface area (Å²) in [5, 5.41) is 2.93. The van der Waals surface area contributed by atoms with E-state index in [-0.39, 0.29) is 17.6 Å². The molecule has 2 heterocycles. The molecule has 1 N–H and O–H groups in total. The largest absolute Gasteiger partial charge is 0.488 e. The van der Waals surface area contributed by atoms with E-state index in [2.05, 4.69) is 26.1 Å². The predicted molar refractivity (Wildman–Crippen MR) is 104 cm³/mol. The first-order chi connectivity index (χ1) is 12.7. The van der Waals surface area contributed by atoms with Crippen molar-refractivity contribution in [1.82, 2.24) is 4.90 Å². The molecule has 1 aliphatic rings. The van der Waals surface area contributed by atoms with Gasteiger partial charge in [-0.15, -0.1) is 0 Å². The average Bonchev–Trinajstić information content (AvgIpc) is 3.02. The van der Waals surface area contributed by atoms with Crippen molar-refractivity contribution in [2.75, 3.05) is 18.4 Å². The minimum atomic E-state index is -0.434. The molecule has 1 atom stereocenters. The van der Waals surface area contributed by atoms with Gasteiger partial charge in [-0.05, 0) is 30.0 Å². The number of urea groups is 1. The Kier molecular flexibility index (Phi) is 5.26. The highest BCUT2D eigenvalue weighted by atomic mass is 16.5. The van der Waals surface area contributed by atoms with E-state index in [0.717, 1.165) is 12.1 Å². The highest BCUT2D eigenvalue weighted by Crippen LogP contribution is 2.24. The molecule has 0 bridgehead atoms. The van der Waals surface area contributed by atoms with Crippen molar-refractivity contribution in [3.05, 3.63) is 58.1 Å². The molecular formula is C21H26N2O4. The molecule has 1 fully saturated rings. The van der Waals surface area contributed by atoms with Crippen molar-refractivity contribution in [2.45, 2.75) is 45.6 Å². The molecule has 0 radical (unpaired) electrons. The summed E-state index contributed by atoms with van der Waals surface area (Å²) in [6, 6.07) is 10.8. The number of hydrogen-bond acceptors (Lipinski definition) is 4. The number of anilines is 1. The van der Waals surface area contributed by atoms with Crippen LogP contribution < -0.4 is 15.7 Å². The Balaban J connectivity index is 1.56. The smallest absolute Gasteiger partial charge is 0.339 e. The van der Waals surface area contributed by atoms with Crippen LogP contribution in [0.3, 0.4) is 0 Å². The molecule has 1 unspecified atom stereocenters. The fourth-order valence-corrected chi connectivity index (χ4v) is 3.10. The summed E-state index contributed by atoms with van der Waals surface area (Å²) in [4.78, 5) is 25.6. The summed E-state index contributed by atoms with van der Waals surface area (Å²) in [6.07, 6.45) is 0.579. The highest BCUT2D eigenvalue weighted by molar-refractivity contribution is 5.89. The van der Waals surface area contributed by atoms with Gasteiger partial charge in [-0.1, -0.05) is 32.9 Å². The number of ether oxygens (including phenoxy) is 1. The van der Waals surface area contributed by atoms with Gasteiger partial charge in [0.05, 0.1) is 12.6 Å². The molecular weight excluding hydrogens is 344 g/mol. The molecule has 0 saturated carbocycles. The fourth-order valence-electron chi connectivity index (χ4n) is 3.10. The topological polar surface area (TPSA) is 71.8 Å². The van der Waals surface area contributed by atoms with E-state index >= 15 is 0 Å². The maximum Gasteiger partial charge on any atom is 0.339 e. The molecule has 0 aliphatic carbocycles. The molecule has 2 amide bonds. The molecule has 144 valence electrons. The Hall–Kier alpha value is -2.76. The van der Waals surface area contributed by atoms with Gasteiger partial charge in [-0.3, -0.25) is 0 Å². The number of benzene rings is 1. The first kappa shape index (κ1) is 19.0. The van der Waals surface area contributed by atoms with E-state index < -0.39 is 5.63 Å². The summed E-state index contributed by atoms with van der Waals surface area (Å²) in [5.41, 5.74) is 1.64. The Morgan fingerprint density at radius 1 is 1.22 bits per heavy atom. The summed E-state index contributed by atoms with van der Waals surface area (Å²) in [6.45, 7) is 9.25. The van der Waals surface area contributed by atoms with Crippen molar-refractivity contribution in [1.29, 1.82) is 0 Å². The van der Waals surface area contributed by atoms with Gasteiger partial charge < -0.3 is 19.4 Å². The Morgan fingerprint density at radius 2 is 1.93 bits per heavy atom. The van der Waals surface area contributed by atoms with Gasteiger partial charge in [0.2, 0.25) is 0 Å². The summed E-state index contributed by atoms with van der Waals surface area (Å²) >= 11 is 0. The number of likely N-dealkylation sites (tertiary alicyclic amines) is 1. The van der Waals surface area contributed by atoms with Crippen LogP contribution in [0.25, 0.3) is 0 Å². The summed E-state index contributed by atoms with van der Waals surface area (Å²) in [5.74, 6) is 0.984. The maximum absolute atomic E-state index is 12.5. The Labute approximate surface area is 159 Å². The number of hydrogen-bond donors (Lipinski definition) is 1. The van der Waals surface area contributed by atoms with Crippen molar-refractivity contribution in [2.24, 2.45) is 0 Å². The fraction of sp³-hybridized carbons (Fsp3) is 0.429. The van der Waals surface area contributed by atoms with E-state index in [1.807, 2.05) is 24.3 Å². The highest BCUT2D eigenvalue weighted by Gasteiger charge is 2.28. The third-order valence-electron chi connectivity index (χ3n) is 4.60. The van der Waals surface area contributed by atoms with Crippen LogP contribution in [0.5, 0.6) is 5.75 Å². The number of carbonyl (C=O) groups excluding carboxylic acids is 1. The third kappa shape index (κ3) is 4.90. The van der Waals surface area contributed by atoms with Gasteiger partial charge in [0.15, 0.2) is 0 Å². The second kappa shape index (κ2) is 7.47. The van der Waals surface area contributed by atoms with Crippen LogP contribution in [0, 0.1) is 6.92 Å². The van der Waals surface area contributed by atoms with Gasteiger partial charge in [-0.2, -0.15) is 0 Å². The van der Waals surface area contributed by atoms with Crippen molar-refractivity contribution in [3.63, 3.8) is 0 Å². The van der Waals surface area contributed by atoms with Gasteiger partial charge in [0.1, 0.15) is 17.6 Å². The maximum atomic E-state index is 12.5. The zero-order valence-corrected chi connectivity index (χ0v) is 16.2. The number of nitrogens with zero attached hydrogens (tertiary/aromatic N) is 1. The quantitative estimate of drug-likeness (QED) is 0.888. The normalized spacial score (nSPS) is 17.0. The minimum absolute atomic E-state index is 0.0785. The molecule has 3 rings (SSSR count). The molecule has 27 heavy (non-hydrogen) atoms. The van der Waals surface area contributed by atoms with E-state index in [9.17, 15) is 9.59 Å². The molecule has 6 heteroatoms. The van der Waals surface area contributed by atoms with Crippen LogP contribution in [-0.2, 0) is 5.41 Å². The molecule has 0 spiro atoms. The van der Waals surface area contributed by atoms with E-state index in [1.54, 1.807) is 17.9 Å². The van der Waals surface area contributed by atoms with Crippen molar-refractivity contribution in [3.8, 4) is 5.75 Å². The van der Waals surface area contributed by atoms with E-state index in [0.29, 0.717) is 24.6 Å². The first-order valence-corrected chi connectivity index (χ1v) is 9.15. The number of rotatable bonds is 3. The Morgan fingerprint density at radius 3 is 2.56 bits per heavy atom. The number of amides is 2. The lowest BCUT2D eigenvalue weighted by Gasteiger charge is -2.20. The van der Waals surface area contributed by atoms with Gasteiger partial charge in [0, 0.05) is 24.7 Å². The van der Waals surface area contributed by atoms with Crippen LogP contribution in [-0.4, -0.2) is 30.1 Å². The van der Waals surface area contributed by atoms with E-state index in [1.165, 1.54) is 11.6 Å². The molecule has 1 saturated heterocycles. The first-order valence-electron chi connectivity index (χ1n) is 9.15. The van der Waals surface area contributed by atoms with Gasteiger partial charge in [0.25, 0.3) is 0 Å². The predicted octanol–water partition coefficient (Wildman–Crippen LogP) is 3.93. The molecule has 1 aromatic carbocycles. The van der Waals surface area contributed by atoms with Crippen molar-refractivity contribution >= 4 is 11.7 Å². The number of nitrogens with one attached hydrogen (secondary N) is 1. The molecule has 1 aromatic heterocycles. The monoisotopic (exact) mass is 370 g/mol. The zero-order valence-electron chi connectivity index (χ0n) is 16.2. The number of carbonyl (C=O) groups is 1. The standard InChI is InChI=1S/C21H26N2O4/c1-14-11-18(12-19(24)26-14)27-17-9-10-23(13-17)20(25)22-16-7-5-15(6-8-16)21(2,3)4/h5-8,11-12,17H,9-10,13H2,1-4H3,(H,22,25). The van der Waals surface area contributed by atoms with Gasteiger partial charge in [-0.25, -0.2) is 9.59 Å². The van der Waals surface area contributed by atoms with Crippen LogP contribution in [0.2, 0.25) is 0 Å². The zero-order chi connectivity index (χ0) is 19.6. The lowest BCUT2D eigenvalue weighted by molar-refractivity contribution is 0.193. The summed E-state index contributed by atoms with van der Waals surface area (Å²) < 4.78 is 10.8. The minimum Gasteiger partial charge on any atom is -0.488 e. The third-order valence-corrected chi connectivity index (χ3v) is 4.60. The van der Waals surface area contributed by atoms with Crippen LogP contribution in [0.15, 0.2) is 45.6 Å². The second-order valence-electron chi connectivity index (χ2n) is 7.95. The summed E-state index contributed by atoms with van der Waals surface area (Å²) in [7, 11) is 0. The lowest BCUT2D eigenvalue weighted by Crippen LogP contribution is -2.34. The van der Waals surface area contributed by atoms with Crippen LogP contribution in [0.4, 0.5) is 10.5 Å². The van der Waals surface area contributed by atoms with Crippen LogP contribution >= 0.6 is 0 Å². The Bertz CT molecular complexity index is 865. The SMILES string of the molecule is Cc1cc(OC2CCN(C(=O)Nc3ccc(C(C)(C)C)cc3)C2)cc(=O)o1. The van der Waals surface area contributed by atoms with Crippen molar-refractivity contribution < 1.29 is 13.9 Å².